The molecule has 27 heavy (non-hydrogen) atoms. The van der Waals surface area contributed by atoms with E-state index in [0.717, 1.165) is 11.1 Å². The summed E-state index contributed by atoms with van der Waals surface area (Å²) in [5.74, 6) is 0.779. The number of nitrogens with zero attached hydrogens (tertiary/aromatic N) is 2. The third-order valence-corrected chi connectivity index (χ3v) is 6.89. The van der Waals surface area contributed by atoms with Gasteiger partial charge in [-0.2, -0.15) is 0 Å². The molecule has 0 aliphatic carbocycles. The van der Waals surface area contributed by atoms with Gasteiger partial charge in [0, 0.05) is 25.2 Å². The van der Waals surface area contributed by atoms with Crippen LogP contribution in [-0.2, 0) is 14.6 Å². The normalized spacial score (nSPS) is 20.6. The maximum atomic E-state index is 13.7. The number of fused-ring (bicyclic) bond motifs is 2. The molecule has 0 unspecified atom stereocenters. The van der Waals surface area contributed by atoms with Crippen LogP contribution in [0.2, 0.25) is 0 Å². The second-order valence-corrected chi connectivity index (χ2v) is 9.43. The van der Waals surface area contributed by atoms with Gasteiger partial charge in [0.05, 0.1) is 23.5 Å². The first-order valence-electron chi connectivity index (χ1n) is 8.94. The summed E-state index contributed by atoms with van der Waals surface area (Å²) in [6.07, 6.45) is 0.457. The number of sulfone groups is 1. The standard InChI is InChI=1S/C20H22N2O4S/c1-21(2)22(14-11-12-27(24,25)13-14)20(23)19-15-7-3-5-9-17(15)26-18-10-6-4-8-16(18)19/h3-10,14,19H,11-13H2,1-2H3/t14-/m0/s1. The Labute approximate surface area is 159 Å². The molecule has 0 N–H and O–H groups in total. The molecule has 1 amide bonds. The quantitative estimate of drug-likeness (QED) is 0.758. The van der Waals surface area contributed by atoms with E-state index in [2.05, 4.69) is 0 Å². The van der Waals surface area contributed by atoms with E-state index in [4.69, 9.17) is 4.74 Å². The topological polar surface area (TPSA) is 66.9 Å². The van der Waals surface area contributed by atoms with Crippen molar-refractivity contribution in [2.24, 2.45) is 0 Å². The van der Waals surface area contributed by atoms with Gasteiger partial charge in [-0.25, -0.2) is 13.4 Å². The molecule has 6 nitrogen and oxygen atoms in total. The average molecular weight is 386 g/mol. The molecular formula is C20H22N2O4S. The molecule has 0 radical (unpaired) electrons. The number of rotatable bonds is 3. The van der Waals surface area contributed by atoms with Crippen molar-refractivity contribution in [2.45, 2.75) is 18.4 Å². The van der Waals surface area contributed by atoms with Crippen LogP contribution in [0.5, 0.6) is 11.5 Å². The second-order valence-electron chi connectivity index (χ2n) is 7.20. The first-order valence-corrected chi connectivity index (χ1v) is 10.8. The number of ether oxygens (including phenoxy) is 1. The van der Waals surface area contributed by atoms with Gasteiger partial charge in [0.1, 0.15) is 11.5 Å². The van der Waals surface area contributed by atoms with Crippen LogP contribution in [0.3, 0.4) is 0 Å². The summed E-state index contributed by atoms with van der Waals surface area (Å²) in [5, 5.41) is 3.31. The monoisotopic (exact) mass is 386 g/mol. The maximum Gasteiger partial charge on any atom is 0.249 e. The molecule has 2 aromatic rings. The van der Waals surface area contributed by atoms with Crippen molar-refractivity contribution in [1.29, 1.82) is 0 Å². The van der Waals surface area contributed by atoms with Crippen molar-refractivity contribution in [3.63, 3.8) is 0 Å². The minimum absolute atomic E-state index is 0.00341. The zero-order valence-corrected chi connectivity index (χ0v) is 16.1. The SMILES string of the molecule is CN(C)N(C(=O)C1c2ccccc2Oc2ccccc21)[C@H]1CCS(=O)(=O)C1. The van der Waals surface area contributed by atoms with Crippen LogP contribution in [0.4, 0.5) is 0 Å². The highest BCUT2D eigenvalue weighted by Crippen LogP contribution is 2.45. The van der Waals surface area contributed by atoms with Crippen molar-refractivity contribution in [2.75, 3.05) is 25.6 Å². The van der Waals surface area contributed by atoms with E-state index >= 15 is 0 Å². The number of hydrazine groups is 1. The molecule has 4 rings (SSSR count). The second kappa shape index (κ2) is 6.65. The zero-order chi connectivity index (χ0) is 19.2. The molecule has 0 bridgehead atoms. The lowest BCUT2D eigenvalue weighted by Crippen LogP contribution is -2.51. The summed E-state index contributed by atoms with van der Waals surface area (Å²) in [5.41, 5.74) is 1.60. The Kier molecular flexibility index (Phi) is 4.44. The Balaban J connectivity index is 1.78. The van der Waals surface area contributed by atoms with E-state index in [-0.39, 0.29) is 23.5 Å². The lowest BCUT2D eigenvalue weighted by Gasteiger charge is -2.38. The first-order chi connectivity index (χ1) is 12.9. The fourth-order valence-electron chi connectivity index (χ4n) is 3.98. The summed E-state index contributed by atoms with van der Waals surface area (Å²) in [4.78, 5) is 13.7. The highest BCUT2D eigenvalue weighted by atomic mass is 32.2. The lowest BCUT2D eigenvalue weighted by atomic mass is 9.87. The number of benzene rings is 2. The molecule has 2 aliphatic heterocycles. The van der Waals surface area contributed by atoms with E-state index in [0.29, 0.717) is 17.9 Å². The molecule has 0 aromatic heterocycles. The van der Waals surface area contributed by atoms with Crippen LogP contribution in [-0.4, -0.2) is 56.0 Å². The molecule has 1 saturated heterocycles. The van der Waals surface area contributed by atoms with Gasteiger partial charge in [-0.1, -0.05) is 36.4 Å². The van der Waals surface area contributed by atoms with Crippen LogP contribution in [0.1, 0.15) is 23.5 Å². The number of carbonyl (C=O) groups is 1. The Morgan fingerprint density at radius 3 is 2.04 bits per heavy atom. The van der Waals surface area contributed by atoms with E-state index in [1.165, 1.54) is 0 Å². The molecule has 2 heterocycles. The fourth-order valence-corrected chi connectivity index (χ4v) is 5.67. The number of carbonyl (C=O) groups excluding carboxylic acids is 1. The predicted octanol–water partition coefficient (Wildman–Crippen LogP) is 2.42. The first kappa shape index (κ1) is 18.0. The predicted molar refractivity (Wildman–Crippen MR) is 102 cm³/mol. The summed E-state index contributed by atoms with van der Waals surface area (Å²) < 4.78 is 30.0. The molecule has 1 fully saturated rings. The number of hydrogen-bond acceptors (Lipinski definition) is 5. The Morgan fingerprint density at radius 1 is 1.00 bits per heavy atom. The molecule has 1 atom stereocenters. The fraction of sp³-hybridized carbons (Fsp3) is 0.350. The van der Waals surface area contributed by atoms with Crippen molar-refractivity contribution in [3.05, 3.63) is 59.7 Å². The number of amides is 1. The van der Waals surface area contributed by atoms with E-state index in [1.807, 2.05) is 48.5 Å². The average Bonchev–Trinajstić information content (AvgIpc) is 2.98. The minimum Gasteiger partial charge on any atom is -0.457 e. The summed E-state index contributed by atoms with van der Waals surface area (Å²) in [6.45, 7) is 0. The van der Waals surface area contributed by atoms with Gasteiger partial charge in [0.2, 0.25) is 5.91 Å². The molecule has 142 valence electrons. The highest BCUT2D eigenvalue weighted by molar-refractivity contribution is 7.91. The molecule has 0 spiro atoms. The highest BCUT2D eigenvalue weighted by Gasteiger charge is 2.41. The van der Waals surface area contributed by atoms with Crippen LogP contribution < -0.4 is 4.74 Å². The van der Waals surface area contributed by atoms with Crippen molar-refractivity contribution < 1.29 is 17.9 Å². The summed E-state index contributed by atoms with van der Waals surface area (Å²) in [7, 11) is 0.451. The number of hydrogen-bond donors (Lipinski definition) is 0. The number of para-hydroxylation sites is 2. The van der Waals surface area contributed by atoms with Gasteiger partial charge in [0.25, 0.3) is 0 Å². The van der Waals surface area contributed by atoms with E-state index in [1.54, 1.807) is 24.1 Å². The van der Waals surface area contributed by atoms with Gasteiger partial charge >= 0.3 is 0 Å². The molecule has 2 aliphatic rings. The van der Waals surface area contributed by atoms with Gasteiger partial charge in [0.15, 0.2) is 9.84 Å². The van der Waals surface area contributed by atoms with Gasteiger partial charge in [-0.3, -0.25) is 9.80 Å². The lowest BCUT2D eigenvalue weighted by molar-refractivity contribution is -0.149. The third kappa shape index (κ3) is 3.21. The molecule has 2 aromatic carbocycles. The zero-order valence-electron chi connectivity index (χ0n) is 15.3. The van der Waals surface area contributed by atoms with Crippen LogP contribution >= 0.6 is 0 Å². The minimum atomic E-state index is -3.10. The smallest absolute Gasteiger partial charge is 0.249 e. The summed E-state index contributed by atoms with van der Waals surface area (Å²) in [6, 6.07) is 14.7. The molecule has 7 heteroatoms. The molecule has 0 saturated carbocycles. The Hall–Kier alpha value is -2.38. The van der Waals surface area contributed by atoms with Crippen molar-refractivity contribution >= 4 is 15.7 Å². The maximum absolute atomic E-state index is 13.7. The van der Waals surface area contributed by atoms with Crippen LogP contribution in [0.25, 0.3) is 0 Å². The Bertz CT molecular complexity index is 941. The largest absolute Gasteiger partial charge is 0.457 e. The van der Waals surface area contributed by atoms with Crippen LogP contribution in [0, 0.1) is 0 Å². The third-order valence-electron chi connectivity index (χ3n) is 5.14. The van der Waals surface area contributed by atoms with Crippen molar-refractivity contribution in [3.8, 4) is 11.5 Å². The van der Waals surface area contributed by atoms with Crippen LogP contribution in [0.15, 0.2) is 48.5 Å². The Morgan fingerprint density at radius 2 is 1.56 bits per heavy atom. The molecular weight excluding hydrogens is 364 g/mol. The van der Waals surface area contributed by atoms with Gasteiger partial charge in [-0.15, -0.1) is 0 Å². The van der Waals surface area contributed by atoms with Gasteiger partial charge < -0.3 is 4.74 Å². The van der Waals surface area contributed by atoms with E-state index < -0.39 is 15.8 Å². The van der Waals surface area contributed by atoms with Crippen molar-refractivity contribution in [1.82, 2.24) is 10.0 Å². The van der Waals surface area contributed by atoms with E-state index in [9.17, 15) is 13.2 Å². The summed E-state index contributed by atoms with van der Waals surface area (Å²) >= 11 is 0. The van der Waals surface area contributed by atoms with Gasteiger partial charge in [-0.05, 0) is 18.6 Å².